The number of carbonyl (C=O) groups excluding carboxylic acids is 1. The third-order valence-corrected chi connectivity index (χ3v) is 2.31. The van der Waals surface area contributed by atoms with Gasteiger partial charge in [0.05, 0.1) is 24.4 Å². The molecule has 0 saturated heterocycles. The molecule has 0 aromatic carbocycles. The minimum absolute atomic E-state index is 0.120. The molecule has 1 unspecified atom stereocenters. The zero-order valence-electron chi connectivity index (χ0n) is 9.58. The van der Waals surface area contributed by atoms with Crippen LogP contribution in [-0.4, -0.2) is 24.8 Å². The molecule has 4 nitrogen and oxygen atoms in total. The number of carbonyl (C=O) groups is 1. The van der Waals surface area contributed by atoms with Crippen LogP contribution in [-0.2, 0) is 14.3 Å². The van der Waals surface area contributed by atoms with Gasteiger partial charge in [-0.25, -0.2) is 4.79 Å². The molecule has 1 atom stereocenters. The largest absolute Gasteiger partial charge is 0.463 e. The molecule has 1 aliphatic rings. The number of esters is 1. The van der Waals surface area contributed by atoms with Crippen LogP contribution in [0.15, 0.2) is 11.3 Å². The van der Waals surface area contributed by atoms with Crippen molar-refractivity contribution in [3.63, 3.8) is 0 Å². The summed E-state index contributed by atoms with van der Waals surface area (Å²) in [7, 11) is 0. The fraction of sp³-hybridized carbons (Fsp3) is 0.727. The number of nitrogens with two attached hydrogens (primary N) is 1. The summed E-state index contributed by atoms with van der Waals surface area (Å²) in [5, 5.41) is 0. The lowest BCUT2D eigenvalue weighted by atomic mass is 10.2. The summed E-state index contributed by atoms with van der Waals surface area (Å²) < 4.78 is 10.5. The molecule has 0 spiro atoms. The predicted octanol–water partition coefficient (Wildman–Crippen LogP) is 1.35. The second kappa shape index (κ2) is 5.16. The third-order valence-electron chi connectivity index (χ3n) is 2.31. The Bertz CT molecular complexity index is 271. The summed E-state index contributed by atoms with van der Waals surface area (Å²) >= 11 is 0. The van der Waals surface area contributed by atoms with Crippen LogP contribution >= 0.6 is 0 Å². The molecule has 86 valence electrons. The second-order valence-corrected chi connectivity index (χ2v) is 3.87. The third kappa shape index (κ3) is 2.96. The first-order valence-electron chi connectivity index (χ1n) is 5.37. The highest BCUT2D eigenvalue weighted by molar-refractivity contribution is 5.90. The van der Waals surface area contributed by atoms with E-state index >= 15 is 0 Å². The Balaban J connectivity index is 2.65. The quantitative estimate of drug-likeness (QED) is 0.716. The number of rotatable bonds is 4. The Labute approximate surface area is 90.4 Å². The average Bonchev–Trinajstić information content (AvgIpc) is 2.48. The normalized spacial score (nSPS) is 21.2. The molecule has 0 bridgehead atoms. The highest BCUT2D eigenvalue weighted by Gasteiger charge is 2.29. The molecule has 0 saturated carbocycles. The van der Waals surface area contributed by atoms with Crippen LogP contribution in [0.2, 0.25) is 0 Å². The lowest BCUT2D eigenvalue weighted by Gasteiger charge is -2.16. The SMILES string of the molecule is CCOC(=O)C1=C(N)C(OC(C)C)CC1. The summed E-state index contributed by atoms with van der Waals surface area (Å²) in [5.41, 5.74) is 6.99. The van der Waals surface area contributed by atoms with E-state index < -0.39 is 0 Å². The molecule has 4 heteroatoms. The van der Waals surface area contributed by atoms with E-state index in [0.29, 0.717) is 24.3 Å². The molecule has 0 fully saturated rings. The van der Waals surface area contributed by atoms with E-state index in [4.69, 9.17) is 15.2 Å². The summed E-state index contributed by atoms with van der Waals surface area (Å²) in [6.45, 7) is 6.07. The Hall–Kier alpha value is -1.03. The van der Waals surface area contributed by atoms with Gasteiger partial charge in [-0.15, -0.1) is 0 Å². The van der Waals surface area contributed by atoms with Gasteiger partial charge in [0.1, 0.15) is 0 Å². The number of hydrogen-bond donors (Lipinski definition) is 1. The van der Waals surface area contributed by atoms with Crippen LogP contribution in [0.5, 0.6) is 0 Å². The fourth-order valence-corrected chi connectivity index (χ4v) is 1.68. The van der Waals surface area contributed by atoms with E-state index in [9.17, 15) is 4.79 Å². The highest BCUT2D eigenvalue weighted by Crippen LogP contribution is 2.27. The van der Waals surface area contributed by atoms with Crippen molar-refractivity contribution < 1.29 is 14.3 Å². The molecular formula is C11H19NO3. The van der Waals surface area contributed by atoms with E-state index in [1.807, 2.05) is 13.8 Å². The molecular weight excluding hydrogens is 194 g/mol. The molecule has 0 aliphatic heterocycles. The van der Waals surface area contributed by atoms with Crippen molar-refractivity contribution in [3.05, 3.63) is 11.3 Å². The van der Waals surface area contributed by atoms with E-state index in [1.165, 1.54) is 0 Å². The van der Waals surface area contributed by atoms with Gasteiger partial charge in [0.2, 0.25) is 0 Å². The van der Waals surface area contributed by atoms with Gasteiger partial charge in [-0.1, -0.05) is 0 Å². The van der Waals surface area contributed by atoms with Gasteiger partial charge in [-0.3, -0.25) is 0 Å². The van der Waals surface area contributed by atoms with Gasteiger partial charge in [0.25, 0.3) is 0 Å². The zero-order chi connectivity index (χ0) is 11.4. The molecule has 0 heterocycles. The van der Waals surface area contributed by atoms with Crippen molar-refractivity contribution in [1.82, 2.24) is 0 Å². The van der Waals surface area contributed by atoms with Crippen molar-refractivity contribution in [2.45, 2.75) is 45.8 Å². The molecule has 1 rings (SSSR count). The molecule has 0 aromatic heterocycles. The Morgan fingerprint density at radius 2 is 2.27 bits per heavy atom. The lowest BCUT2D eigenvalue weighted by molar-refractivity contribution is -0.138. The monoisotopic (exact) mass is 213 g/mol. The summed E-state index contributed by atoms with van der Waals surface area (Å²) in [6, 6.07) is 0. The summed E-state index contributed by atoms with van der Waals surface area (Å²) in [4.78, 5) is 11.5. The van der Waals surface area contributed by atoms with Crippen LogP contribution in [0.4, 0.5) is 0 Å². The Morgan fingerprint density at radius 3 is 2.80 bits per heavy atom. The van der Waals surface area contributed by atoms with Gasteiger partial charge < -0.3 is 15.2 Å². The van der Waals surface area contributed by atoms with Crippen molar-refractivity contribution in [2.75, 3.05) is 6.61 Å². The summed E-state index contributed by atoms with van der Waals surface area (Å²) in [5.74, 6) is -0.301. The van der Waals surface area contributed by atoms with Crippen LogP contribution < -0.4 is 5.73 Å². The van der Waals surface area contributed by atoms with Crippen LogP contribution in [0.1, 0.15) is 33.6 Å². The Kier molecular flexibility index (Phi) is 4.15. The van der Waals surface area contributed by atoms with Gasteiger partial charge >= 0.3 is 5.97 Å². The first kappa shape index (κ1) is 12.0. The highest BCUT2D eigenvalue weighted by atomic mass is 16.5. The first-order valence-corrected chi connectivity index (χ1v) is 5.37. The predicted molar refractivity (Wildman–Crippen MR) is 57.1 cm³/mol. The standard InChI is InChI=1S/C11H19NO3/c1-4-14-11(13)8-5-6-9(10(8)12)15-7(2)3/h7,9H,4-6,12H2,1-3H3. The van der Waals surface area contributed by atoms with Crippen molar-refractivity contribution in [2.24, 2.45) is 5.73 Å². The lowest BCUT2D eigenvalue weighted by Crippen LogP contribution is -2.22. The van der Waals surface area contributed by atoms with Gasteiger partial charge in [-0.05, 0) is 33.6 Å². The first-order chi connectivity index (χ1) is 7.06. The molecule has 0 radical (unpaired) electrons. The van der Waals surface area contributed by atoms with Crippen LogP contribution in [0.3, 0.4) is 0 Å². The average molecular weight is 213 g/mol. The molecule has 2 N–H and O–H groups in total. The summed E-state index contributed by atoms with van der Waals surface area (Å²) in [6.07, 6.45) is 1.43. The van der Waals surface area contributed by atoms with Gasteiger partial charge in [0.15, 0.2) is 0 Å². The maximum absolute atomic E-state index is 11.5. The van der Waals surface area contributed by atoms with Gasteiger partial charge in [-0.2, -0.15) is 0 Å². The van der Waals surface area contributed by atoms with E-state index in [0.717, 1.165) is 6.42 Å². The molecule has 15 heavy (non-hydrogen) atoms. The van der Waals surface area contributed by atoms with Crippen molar-refractivity contribution in [1.29, 1.82) is 0 Å². The van der Waals surface area contributed by atoms with Crippen LogP contribution in [0, 0.1) is 0 Å². The molecule has 0 aromatic rings. The minimum atomic E-state index is -0.301. The van der Waals surface area contributed by atoms with E-state index in [-0.39, 0.29) is 18.2 Å². The Morgan fingerprint density at radius 1 is 1.60 bits per heavy atom. The van der Waals surface area contributed by atoms with Gasteiger partial charge in [0, 0.05) is 5.70 Å². The zero-order valence-corrected chi connectivity index (χ0v) is 9.58. The molecule has 0 amide bonds. The maximum atomic E-state index is 11.5. The van der Waals surface area contributed by atoms with E-state index in [2.05, 4.69) is 0 Å². The number of ether oxygens (including phenoxy) is 2. The minimum Gasteiger partial charge on any atom is -0.463 e. The van der Waals surface area contributed by atoms with Crippen molar-refractivity contribution in [3.8, 4) is 0 Å². The molecule has 1 aliphatic carbocycles. The fourth-order valence-electron chi connectivity index (χ4n) is 1.68. The smallest absolute Gasteiger partial charge is 0.335 e. The maximum Gasteiger partial charge on any atom is 0.335 e. The number of hydrogen-bond acceptors (Lipinski definition) is 4. The second-order valence-electron chi connectivity index (χ2n) is 3.87. The van der Waals surface area contributed by atoms with E-state index in [1.54, 1.807) is 6.92 Å². The topological polar surface area (TPSA) is 61.5 Å². The van der Waals surface area contributed by atoms with Crippen molar-refractivity contribution >= 4 is 5.97 Å². The van der Waals surface area contributed by atoms with Crippen LogP contribution in [0.25, 0.3) is 0 Å².